The van der Waals surface area contributed by atoms with Crippen LogP contribution < -0.4 is 15.4 Å². The van der Waals surface area contributed by atoms with E-state index in [1.54, 1.807) is 19.2 Å². The lowest BCUT2D eigenvalue weighted by Crippen LogP contribution is -2.98. The number of ether oxygens (including phenoxy) is 1. The summed E-state index contributed by atoms with van der Waals surface area (Å²) in [6, 6.07) is 14.6. The molecule has 3 aliphatic heterocycles. The van der Waals surface area contributed by atoms with Gasteiger partial charge < -0.3 is 15.4 Å². The summed E-state index contributed by atoms with van der Waals surface area (Å²) in [7, 11) is 1.59. The van der Waals surface area contributed by atoms with E-state index in [1.165, 1.54) is 4.90 Å². The molecule has 29 heavy (non-hydrogen) atoms. The Kier molecular flexibility index (Phi) is 3.79. The first-order chi connectivity index (χ1) is 14.0. The summed E-state index contributed by atoms with van der Waals surface area (Å²) < 4.78 is 5.17. The fourth-order valence-corrected chi connectivity index (χ4v) is 5.23. The number of quaternary nitrogens is 1. The lowest BCUT2D eigenvalue weighted by atomic mass is 9.76. The van der Waals surface area contributed by atoms with Crippen LogP contribution in [0.2, 0.25) is 0 Å². The zero-order chi connectivity index (χ0) is 20.3. The van der Waals surface area contributed by atoms with Gasteiger partial charge in [-0.05, 0) is 30.7 Å². The molecule has 2 fully saturated rings. The minimum Gasteiger partial charge on any atom is -0.497 e. The standard InChI is InChI=1S/C22H21N3O4/c1-12-17-18(22(24-12)15-5-3-4-6-16(15)23-21(22)28)20(27)25(19(17)26)11-13-7-9-14(29-2)10-8-13/h3-10,12,17-18,24H,11H2,1-2H3,(H,23,28)/p+1/t12-,17-,18-,22+/m1/s1. The van der Waals surface area contributed by atoms with Crippen molar-refractivity contribution >= 4 is 23.4 Å². The number of nitrogens with zero attached hydrogens (tertiary/aromatic N) is 1. The predicted octanol–water partition coefficient (Wildman–Crippen LogP) is 0.610. The molecule has 0 unspecified atom stereocenters. The Balaban J connectivity index is 1.53. The smallest absolute Gasteiger partial charge is 0.291 e. The maximum atomic E-state index is 13.5. The summed E-state index contributed by atoms with van der Waals surface area (Å²) >= 11 is 0. The number of methoxy groups -OCH3 is 1. The molecule has 3 aliphatic rings. The Hall–Kier alpha value is -3.19. The molecule has 0 aromatic heterocycles. The molecule has 2 saturated heterocycles. The highest BCUT2D eigenvalue weighted by atomic mass is 16.5. The summed E-state index contributed by atoms with van der Waals surface area (Å²) in [6.07, 6.45) is 0. The molecule has 4 atom stereocenters. The Morgan fingerprint density at radius 3 is 2.52 bits per heavy atom. The number of benzene rings is 2. The average molecular weight is 392 g/mol. The van der Waals surface area contributed by atoms with Gasteiger partial charge in [0.2, 0.25) is 17.4 Å². The monoisotopic (exact) mass is 392 g/mol. The third-order valence-electron chi connectivity index (χ3n) is 6.52. The van der Waals surface area contributed by atoms with Crippen molar-refractivity contribution in [3.8, 4) is 5.75 Å². The number of amides is 3. The Bertz CT molecular complexity index is 1030. The first kappa shape index (κ1) is 17.9. The van der Waals surface area contributed by atoms with Crippen molar-refractivity contribution in [2.45, 2.75) is 25.0 Å². The van der Waals surface area contributed by atoms with E-state index >= 15 is 0 Å². The van der Waals surface area contributed by atoms with Gasteiger partial charge in [-0.2, -0.15) is 0 Å². The van der Waals surface area contributed by atoms with Gasteiger partial charge in [-0.1, -0.05) is 30.3 Å². The van der Waals surface area contributed by atoms with Crippen LogP contribution >= 0.6 is 0 Å². The van der Waals surface area contributed by atoms with Crippen molar-refractivity contribution in [2.24, 2.45) is 11.8 Å². The lowest BCUT2D eigenvalue weighted by Gasteiger charge is -2.25. The second-order valence-electron chi connectivity index (χ2n) is 8.01. The summed E-state index contributed by atoms with van der Waals surface area (Å²) in [4.78, 5) is 41.1. The normalized spacial score (nSPS) is 29.9. The highest BCUT2D eigenvalue weighted by Crippen LogP contribution is 2.49. The fourth-order valence-electron chi connectivity index (χ4n) is 5.23. The summed E-state index contributed by atoms with van der Waals surface area (Å²) in [6.45, 7) is 2.11. The molecular formula is C22H22N3O4+. The van der Waals surface area contributed by atoms with E-state index in [9.17, 15) is 14.4 Å². The molecule has 7 nitrogen and oxygen atoms in total. The van der Waals surface area contributed by atoms with E-state index < -0.39 is 17.4 Å². The molecule has 0 bridgehead atoms. The van der Waals surface area contributed by atoms with E-state index in [1.807, 2.05) is 48.6 Å². The first-order valence-corrected chi connectivity index (χ1v) is 9.72. The van der Waals surface area contributed by atoms with Crippen LogP contribution in [-0.4, -0.2) is 35.8 Å². The molecule has 3 heterocycles. The molecule has 0 saturated carbocycles. The van der Waals surface area contributed by atoms with Gasteiger partial charge in [0.25, 0.3) is 5.91 Å². The number of nitrogens with one attached hydrogen (secondary N) is 1. The van der Waals surface area contributed by atoms with E-state index in [2.05, 4.69) is 5.32 Å². The quantitative estimate of drug-likeness (QED) is 0.749. The molecule has 1 spiro atoms. The molecule has 148 valence electrons. The Labute approximate surface area is 168 Å². The van der Waals surface area contributed by atoms with Crippen molar-refractivity contribution in [3.05, 3.63) is 59.7 Å². The molecule has 5 rings (SSSR count). The number of carbonyl (C=O) groups is 3. The minimum absolute atomic E-state index is 0.172. The van der Waals surface area contributed by atoms with Gasteiger partial charge in [-0.3, -0.25) is 19.3 Å². The maximum Gasteiger partial charge on any atom is 0.291 e. The van der Waals surface area contributed by atoms with Crippen LogP contribution in [0.3, 0.4) is 0 Å². The van der Waals surface area contributed by atoms with Gasteiger partial charge in [0.15, 0.2) is 0 Å². The second kappa shape index (κ2) is 6.15. The van der Waals surface area contributed by atoms with Crippen LogP contribution in [0.1, 0.15) is 18.1 Å². The zero-order valence-corrected chi connectivity index (χ0v) is 16.2. The van der Waals surface area contributed by atoms with Gasteiger partial charge in [-0.25, -0.2) is 0 Å². The molecule has 3 N–H and O–H groups in total. The van der Waals surface area contributed by atoms with Crippen molar-refractivity contribution in [1.29, 1.82) is 0 Å². The molecule has 2 aromatic rings. The van der Waals surface area contributed by atoms with Crippen LogP contribution in [-0.2, 0) is 26.5 Å². The number of para-hydroxylation sites is 1. The number of nitrogens with two attached hydrogens (primary N) is 1. The molecule has 0 radical (unpaired) electrons. The number of imide groups is 1. The SMILES string of the molecule is COc1ccc(CN2C(=O)[C@@H]3[C@@H](C)[NH2+][C@]4(C(=O)Nc5ccccc54)[C@H]3C2=O)cc1. The predicted molar refractivity (Wildman–Crippen MR) is 104 cm³/mol. The molecular weight excluding hydrogens is 370 g/mol. The summed E-state index contributed by atoms with van der Waals surface area (Å²) in [5.41, 5.74) is 1.27. The van der Waals surface area contributed by atoms with E-state index in [0.717, 1.165) is 16.8 Å². The Morgan fingerprint density at radius 1 is 1.07 bits per heavy atom. The summed E-state index contributed by atoms with van der Waals surface area (Å²) in [5.74, 6) is -1.20. The number of likely N-dealkylation sites (tertiary alicyclic amines) is 1. The van der Waals surface area contributed by atoms with Crippen LogP contribution in [0.4, 0.5) is 5.69 Å². The highest BCUT2D eigenvalue weighted by Gasteiger charge is 2.73. The largest absolute Gasteiger partial charge is 0.497 e. The van der Waals surface area contributed by atoms with Gasteiger partial charge in [0, 0.05) is 5.56 Å². The van der Waals surface area contributed by atoms with Crippen molar-refractivity contribution in [1.82, 2.24) is 4.90 Å². The topological polar surface area (TPSA) is 92.3 Å². The Morgan fingerprint density at radius 2 is 1.79 bits per heavy atom. The number of hydrogen-bond acceptors (Lipinski definition) is 4. The van der Waals surface area contributed by atoms with Crippen molar-refractivity contribution in [2.75, 3.05) is 12.4 Å². The molecule has 2 aromatic carbocycles. The first-order valence-electron chi connectivity index (χ1n) is 9.72. The van der Waals surface area contributed by atoms with Gasteiger partial charge in [0.05, 0.1) is 25.4 Å². The molecule has 7 heteroatoms. The summed E-state index contributed by atoms with van der Waals surface area (Å²) in [5, 5.41) is 4.82. The zero-order valence-electron chi connectivity index (χ0n) is 16.2. The van der Waals surface area contributed by atoms with Gasteiger partial charge in [0.1, 0.15) is 17.6 Å². The van der Waals surface area contributed by atoms with Crippen LogP contribution in [0.5, 0.6) is 5.75 Å². The fraction of sp³-hybridized carbons (Fsp3) is 0.318. The third kappa shape index (κ3) is 2.31. The lowest BCUT2D eigenvalue weighted by molar-refractivity contribution is -0.730. The number of carbonyl (C=O) groups excluding carboxylic acids is 3. The number of rotatable bonds is 3. The van der Waals surface area contributed by atoms with Crippen LogP contribution in [0.15, 0.2) is 48.5 Å². The minimum atomic E-state index is -1.08. The number of hydrogen-bond donors (Lipinski definition) is 2. The highest BCUT2D eigenvalue weighted by molar-refractivity contribution is 6.13. The van der Waals surface area contributed by atoms with E-state index in [-0.39, 0.29) is 30.3 Å². The number of fused-ring (bicyclic) bond motifs is 4. The van der Waals surface area contributed by atoms with Crippen molar-refractivity contribution < 1.29 is 24.4 Å². The van der Waals surface area contributed by atoms with Gasteiger partial charge >= 0.3 is 0 Å². The third-order valence-corrected chi connectivity index (χ3v) is 6.52. The average Bonchev–Trinajstić information content (AvgIpc) is 3.28. The maximum absolute atomic E-state index is 13.5. The van der Waals surface area contributed by atoms with Gasteiger partial charge in [-0.15, -0.1) is 0 Å². The van der Waals surface area contributed by atoms with Crippen LogP contribution in [0, 0.1) is 11.8 Å². The van der Waals surface area contributed by atoms with E-state index in [4.69, 9.17) is 4.74 Å². The molecule has 3 amide bonds. The van der Waals surface area contributed by atoms with Crippen LogP contribution in [0.25, 0.3) is 0 Å². The second-order valence-corrected chi connectivity index (χ2v) is 8.01. The van der Waals surface area contributed by atoms with Crippen molar-refractivity contribution in [3.63, 3.8) is 0 Å². The molecule has 0 aliphatic carbocycles. The number of anilines is 1. The van der Waals surface area contributed by atoms with E-state index in [0.29, 0.717) is 5.75 Å².